The summed E-state index contributed by atoms with van der Waals surface area (Å²) in [5, 5.41) is 2.82. The zero-order valence-corrected chi connectivity index (χ0v) is 17.7. The highest BCUT2D eigenvalue weighted by Gasteiger charge is 2.36. The molecule has 1 aliphatic rings. The van der Waals surface area contributed by atoms with Crippen LogP contribution in [0.1, 0.15) is 41.3 Å². The Labute approximate surface area is 179 Å². The lowest BCUT2D eigenvalue weighted by atomic mass is 9.92. The van der Waals surface area contributed by atoms with Gasteiger partial charge in [-0.3, -0.25) is 14.4 Å². The number of amides is 3. The Morgan fingerprint density at radius 1 is 1.10 bits per heavy atom. The van der Waals surface area contributed by atoms with Crippen LogP contribution in [-0.2, 0) is 22.6 Å². The summed E-state index contributed by atoms with van der Waals surface area (Å²) in [4.78, 5) is 40.6. The molecule has 0 radical (unpaired) electrons. The smallest absolute Gasteiger partial charge is 0.257 e. The molecule has 6 nitrogen and oxygen atoms in total. The molecule has 0 aromatic heterocycles. The summed E-state index contributed by atoms with van der Waals surface area (Å²) in [5.41, 5.74) is 1.93. The monoisotopic (exact) mass is 429 g/mol. The van der Waals surface area contributed by atoms with Gasteiger partial charge in [0.25, 0.3) is 5.91 Å². The van der Waals surface area contributed by atoms with Gasteiger partial charge in [0, 0.05) is 45.2 Å². The first-order valence-electron chi connectivity index (χ1n) is 10.1. The van der Waals surface area contributed by atoms with E-state index in [0.29, 0.717) is 18.2 Å². The second-order valence-electron chi connectivity index (χ2n) is 7.79. The standard InChI is InChI=1S/C23H25F2N3O3/c1-4-5-21(29)26-17-8-6-14-11-20(23(31)27(2)3)28(13-15(14)10-17)22(30)18-9-7-16(24)12-19(18)25/h6-10,12,20H,4-5,11,13H2,1-3H3,(H,26,29)/t20-/m0/s1. The molecule has 0 spiro atoms. The maximum absolute atomic E-state index is 14.3. The molecule has 2 aromatic rings. The molecule has 0 unspecified atom stereocenters. The second-order valence-corrected chi connectivity index (χ2v) is 7.79. The number of hydrogen-bond donors (Lipinski definition) is 1. The van der Waals surface area contributed by atoms with Gasteiger partial charge in [0.05, 0.1) is 5.56 Å². The molecule has 31 heavy (non-hydrogen) atoms. The topological polar surface area (TPSA) is 69.7 Å². The number of rotatable bonds is 5. The first-order chi connectivity index (χ1) is 14.7. The fourth-order valence-corrected chi connectivity index (χ4v) is 3.66. The molecular formula is C23H25F2N3O3. The van der Waals surface area contributed by atoms with Crippen molar-refractivity contribution in [2.24, 2.45) is 0 Å². The normalized spacial score (nSPS) is 15.3. The quantitative estimate of drug-likeness (QED) is 0.793. The van der Waals surface area contributed by atoms with Gasteiger partial charge in [-0.25, -0.2) is 8.78 Å². The van der Waals surface area contributed by atoms with Crippen molar-refractivity contribution in [3.05, 3.63) is 64.7 Å². The summed E-state index contributed by atoms with van der Waals surface area (Å²) in [5.74, 6) is -2.86. The van der Waals surface area contributed by atoms with Gasteiger partial charge in [-0.2, -0.15) is 0 Å². The van der Waals surface area contributed by atoms with E-state index in [1.54, 1.807) is 26.2 Å². The number of fused-ring (bicyclic) bond motifs is 1. The van der Waals surface area contributed by atoms with Crippen LogP contribution in [0.25, 0.3) is 0 Å². The highest BCUT2D eigenvalue weighted by Crippen LogP contribution is 2.29. The van der Waals surface area contributed by atoms with Gasteiger partial charge in [0.2, 0.25) is 11.8 Å². The van der Waals surface area contributed by atoms with Crippen molar-refractivity contribution in [2.75, 3.05) is 19.4 Å². The minimum atomic E-state index is -0.979. The van der Waals surface area contributed by atoms with Gasteiger partial charge in [0.15, 0.2) is 0 Å². The van der Waals surface area contributed by atoms with Crippen LogP contribution in [0, 0.1) is 11.6 Å². The molecule has 0 saturated heterocycles. The molecular weight excluding hydrogens is 404 g/mol. The van der Waals surface area contributed by atoms with Crippen LogP contribution in [0.3, 0.4) is 0 Å². The Balaban J connectivity index is 1.96. The number of likely N-dealkylation sites (N-methyl/N-ethyl adjacent to an activating group) is 1. The molecule has 1 atom stereocenters. The summed E-state index contributed by atoms with van der Waals surface area (Å²) < 4.78 is 27.6. The van der Waals surface area contributed by atoms with Crippen molar-refractivity contribution < 1.29 is 23.2 Å². The van der Waals surface area contributed by atoms with Crippen molar-refractivity contribution >= 4 is 23.4 Å². The van der Waals surface area contributed by atoms with Crippen LogP contribution in [0.2, 0.25) is 0 Å². The highest BCUT2D eigenvalue weighted by molar-refractivity contribution is 5.98. The van der Waals surface area contributed by atoms with E-state index in [0.717, 1.165) is 29.7 Å². The SMILES string of the molecule is CCCC(=O)Nc1ccc2c(c1)CN(C(=O)c1ccc(F)cc1F)[C@H](C(=O)N(C)C)C2. The van der Waals surface area contributed by atoms with E-state index in [4.69, 9.17) is 0 Å². The van der Waals surface area contributed by atoms with Crippen molar-refractivity contribution in [3.63, 3.8) is 0 Å². The van der Waals surface area contributed by atoms with Crippen LogP contribution < -0.4 is 5.32 Å². The fraction of sp³-hybridized carbons (Fsp3) is 0.348. The van der Waals surface area contributed by atoms with Gasteiger partial charge in [0.1, 0.15) is 17.7 Å². The third kappa shape index (κ3) is 4.90. The molecule has 0 aliphatic carbocycles. The average Bonchev–Trinajstić information content (AvgIpc) is 2.71. The van der Waals surface area contributed by atoms with E-state index in [9.17, 15) is 23.2 Å². The van der Waals surface area contributed by atoms with Crippen molar-refractivity contribution in [2.45, 2.75) is 38.8 Å². The van der Waals surface area contributed by atoms with Crippen LogP contribution in [0.4, 0.5) is 14.5 Å². The number of benzene rings is 2. The number of hydrogen-bond acceptors (Lipinski definition) is 3. The summed E-state index contributed by atoms with van der Waals surface area (Å²) in [6, 6.07) is 7.28. The average molecular weight is 429 g/mol. The molecule has 2 aromatic carbocycles. The molecule has 0 fully saturated rings. The lowest BCUT2D eigenvalue weighted by molar-refractivity contribution is -0.134. The Kier molecular flexibility index (Phi) is 6.68. The Morgan fingerprint density at radius 3 is 2.48 bits per heavy atom. The number of carbonyl (C=O) groups is 3. The molecule has 0 bridgehead atoms. The van der Waals surface area contributed by atoms with Crippen molar-refractivity contribution in [1.82, 2.24) is 9.80 Å². The Morgan fingerprint density at radius 2 is 1.84 bits per heavy atom. The van der Waals surface area contributed by atoms with Crippen LogP contribution in [-0.4, -0.2) is 47.7 Å². The lowest BCUT2D eigenvalue weighted by Crippen LogP contribution is -2.52. The highest BCUT2D eigenvalue weighted by atomic mass is 19.1. The minimum absolute atomic E-state index is 0.0622. The molecule has 1 heterocycles. The van der Waals surface area contributed by atoms with E-state index >= 15 is 0 Å². The fourth-order valence-electron chi connectivity index (χ4n) is 3.66. The maximum Gasteiger partial charge on any atom is 0.257 e. The minimum Gasteiger partial charge on any atom is -0.347 e. The summed E-state index contributed by atoms with van der Waals surface area (Å²) >= 11 is 0. The Bertz CT molecular complexity index is 1020. The summed E-state index contributed by atoms with van der Waals surface area (Å²) in [6.07, 6.45) is 1.37. The van der Waals surface area contributed by atoms with Crippen molar-refractivity contribution in [1.29, 1.82) is 0 Å². The predicted molar refractivity (Wildman–Crippen MR) is 112 cm³/mol. The van der Waals surface area contributed by atoms with E-state index in [1.165, 1.54) is 9.80 Å². The van der Waals surface area contributed by atoms with Gasteiger partial charge in [-0.15, -0.1) is 0 Å². The molecule has 164 valence electrons. The first kappa shape index (κ1) is 22.4. The largest absolute Gasteiger partial charge is 0.347 e. The van der Waals surface area contributed by atoms with E-state index < -0.39 is 23.6 Å². The number of anilines is 1. The Hall–Kier alpha value is -3.29. The molecule has 1 aliphatic heterocycles. The molecule has 3 rings (SSSR count). The first-order valence-corrected chi connectivity index (χ1v) is 10.1. The summed E-state index contributed by atoms with van der Waals surface area (Å²) in [7, 11) is 3.18. The molecule has 8 heteroatoms. The number of nitrogens with one attached hydrogen (secondary N) is 1. The van der Waals surface area contributed by atoms with Gasteiger partial charge in [-0.05, 0) is 41.8 Å². The van der Waals surface area contributed by atoms with Gasteiger partial charge < -0.3 is 15.1 Å². The third-order valence-corrected chi connectivity index (χ3v) is 5.25. The number of halogens is 2. The number of carbonyl (C=O) groups excluding carboxylic acids is 3. The molecule has 0 saturated carbocycles. The van der Waals surface area contributed by atoms with E-state index in [1.807, 2.05) is 13.0 Å². The number of nitrogens with zero attached hydrogens (tertiary/aromatic N) is 2. The predicted octanol–water partition coefficient (Wildman–Crippen LogP) is 3.36. The molecule has 1 N–H and O–H groups in total. The van der Waals surface area contributed by atoms with Crippen LogP contribution >= 0.6 is 0 Å². The van der Waals surface area contributed by atoms with Gasteiger partial charge >= 0.3 is 0 Å². The maximum atomic E-state index is 14.3. The second kappa shape index (κ2) is 9.24. The van der Waals surface area contributed by atoms with Gasteiger partial charge in [-0.1, -0.05) is 13.0 Å². The zero-order chi connectivity index (χ0) is 22.7. The third-order valence-electron chi connectivity index (χ3n) is 5.25. The lowest BCUT2D eigenvalue weighted by Gasteiger charge is -2.37. The summed E-state index contributed by atoms with van der Waals surface area (Å²) in [6.45, 7) is 1.97. The van der Waals surface area contributed by atoms with E-state index in [-0.39, 0.29) is 30.3 Å². The van der Waals surface area contributed by atoms with E-state index in [2.05, 4.69) is 5.32 Å². The van der Waals surface area contributed by atoms with Crippen molar-refractivity contribution in [3.8, 4) is 0 Å². The van der Waals surface area contributed by atoms with Crippen LogP contribution in [0.15, 0.2) is 36.4 Å². The zero-order valence-electron chi connectivity index (χ0n) is 17.7. The molecule has 3 amide bonds. The van der Waals surface area contributed by atoms with Crippen LogP contribution in [0.5, 0.6) is 0 Å².